The van der Waals surface area contributed by atoms with Crippen LogP contribution in [0.3, 0.4) is 0 Å². The summed E-state index contributed by atoms with van der Waals surface area (Å²) in [5, 5.41) is 6.96. The van der Waals surface area contributed by atoms with Gasteiger partial charge in [0.2, 0.25) is 5.91 Å². The molecule has 1 amide bonds. The minimum atomic E-state index is -0.0602. The number of aromatic nitrogens is 2. The molecule has 0 radical (unpaired) electrons. The summed E-state index contributed by atoms with van der Waals surface area (Å²) >= 11 is 0. The quantitative estimate of drug-likeness (QED) is 0.817. The first-order valence-electron chi connectivity index (χ1n) is 6.19. The second kappa shape index (κ2) is 5.31. The molecule has 3 N–H and O–H groups in total. The van der Waals surface area contributed by atoms with Gasteiger partial charge in [-0.15, -0.1) is 0 Å². The topological polar surface area (TPSA) is 75.0 Å². The van der Waals surface area contributed by atoms with Crippen LogP contribution in [-0.4, -0.2) is 40.1 Å². The number of piperidine rings is 1. The van der Waals surface area contributed by atoms with Crippen molar-refractivity contribution in [3.05, 3.63) is 18.0 Å². The highest BCUT2D eigenvalue weighted by Crippen LogP contribution is 2.25. The van der Waals surface area contributed by atoms with Crippen molar-refractivity contribution < 1.29 is 4.79 Å². The summed E-state index contributed by atoms with van der Waals surface area (Å²) in [6, 6.07) is 1.93. The second-order valence-electron chi connectivity index (χ2n) is 4.87. The van der Waals surface area contributed by atoms with Crippen LogP contribution in [0.2, 0.25) is 0 Å². The third-order valence-electron chi connectivity index (χ3n) is 3.23. The maximum atomic E-state index is 11.9. The minimum Gasteiger partial charge on any atom is -0.342 e. The fourth-order valence-electron chi connectivity index (χ4n) is 2.36. The molecule has 0 bridgehead atoms. The molecule has 1 aromatic heterocycles. The van der Waals surface area contributed by atoms with Crippen LogP contribution in [0.5, 0.6) is 0 Å². The molecule has 0 saturated carbocycles. The van der Waals surface area contributed by atoms with E-state index in [0.717, 1.165) is 31.6 Å². The lowest BCUT2D eigenvalue weighted by molar-refractivity contribution is -0.132. The fourth-order valence-corrected chi connectivity index (χ4v) is 2.36. The van der Waals surface area contributed by atoms with E-state index in [4.69, 9.17) is 5.73 Å². The van der Waals surface area contributed by atoms with Crippen molar-refractivity contribution in [2.24, 2.45) is 5.73 Å². The summed E-state index contributed by atoms with van der Waals surface area (Å²) in [5.41, 5.74) is 6.79. The van der Waals surface area contributed by atoms with E-state index in [0.29, 0.717) is 12.3 Å². The van der Waals surface area contributed by atoms with Gasteiger partial charge >= 0.3 is 0 Å². The summed E-state index contributed by atoms with van der Waals surface area (Å²) < 4.78 is 0. The molecule has 17 heavy (non-hydrogen) atoms. The molecule has 1 fully saturated rings. The number of aromatic amines is 1. The Morgan fingerprint density at radius 1 is 1.76 bits per heavy atom. The molecule has 0 spiro atoms. The van der Waals surface area contributed by atoms with Crippen LogP contribution in [0.4, 0.5) is 0 Å². The van der Waals surface area contributed by atoms with Crippen LogP contribution < -0.4 is 5.73 Å². The van der Waals surface area contributed by atoms with E-state index in [1.165, 1.54) is 0 Å². The predicted octanol–water partition coefficient (Wildman–Crippen LogP) is 0.853. The van der Waals surface area contributed by atoms with Crippen LogP contribution in [0.1, 0.15) is 37.8 Å². The molecule has 94 valence electrons. The van der Waals surface area contributed by atoms with Crippen molar-refractivity contribution in [2.75, 3.05) is 13.1 Å². The number of hydrogen-bond acceptors (Lipinski definition) is 3. The van der Waals surface area contributed by atoms with Gasteiger partial charge in [-0.1, -0.05) is 0 Å². The van der Waals surface area contributed by atoms with E-state index in [1.54, 1.807) is 6.20 Å². The Morgan fingerprint density at radius 3 is 3.24 bits per heavy atom. The molecule has 2 rings (SSSR count). The smallest absolute Gasteiger partial charge is 0.224 e. The number of likely N-dealkylation sites (tertiary alicyclic amines) is 1. The van der Waals surface area contributed by atoms with Crippen LogP contribution in [0.25, 0.3) is 0 Å². The maximum Gasteiger partial charge on any atom is 0.224 e. The van der Waals surface area contributed by atoms with Gasteiger partial charge in [0.1, 0.15) is 0 Å². The van der Waals surface area contributed by atoms with E-state index < -0.39 is 0 Å². The average Bonchev–Trinajstić information content (AvgIpc) is 2.82. The number of carbonyl (C=O) groups is 1. The van der Waals surface area contributed by atoms with Crippen molar-refractivity contribution in [1.29, 1.82) is 0 Å². The number of carbonyl (C=O) groups excluding carboxylic acids is 1. The third kappa shape index (κ3) is 3.06. The molecule has 2 heterocycles. The lowest BCUT2D eigenvalue weighted by Crippen LogP contribution is -2.41. The zero-order valence-corrected chi connectivity index (χ0v) is 10.2. The Bertz CT molecular complexity index is 361. The number of H-pyrrole nitrogens is 1. The maximum absolute atomic E-state index is 11.9. The van der Waals surface area contributed by atoms with Crippen molar-refractivity contribution in [1.82, 2.24) is 15.1 Å². The van der Waals surface area contributed by atoms with Gasteiger partial charge in [0.15, 0.2) is 0 Å². The average molecular weight is 236 g/mol. The van der Waals surface area contributed by atoms with Crippen molar-refractivity contribution in [3.63, 3.8) is 0 Å². The van der Waals surface area contributed by atoms with Crippen LogP contribution >= 0.6 is 0 Å². The van der Waals surface area contributed by atoms with Gasteiger partial charge in [-0.25, -0.2) is 0 Å². The van der Waals surface area contributed by atoms with Crippen LogP contribution in [0.15, 0.2) is 12.3 Å². The van der Waals surface area contributed by atoms with Crippen molar-refractivity contribution >= 4 is 5.91 Å². The van der Waals surface area contributed by atoms with Gasteiger partial charge in [0, 0.05) is 43.4 Å². The van der Waals surface area contributed by atoms with Gasteiger partial charge in [-0.3, -0.25) is 9.89 Å². The first-order valence-corrected chi connectivity index (χ1v) is 6.19. The second-order valence-corrected chi connectivity index (χ2v) is 4.87. The summed E-state index contributed by atoms with van der Waals surface area (Å²) in [7, 11) is 0. The Balaban J connectivity index is 1.95. The molecular formula is C12H20N4O. The highest BCUT2D eigenvalue weighted by atomic mass is 16.2. The van der Waals surface area contributed by atoms with Crippen LogP contribution in [0, 0.1) is 0 Å². The molecule has 2 unspecified atom stereocenters. The van der Waals surface area contributed by atoms with E-state index in [-0.39, 0.29) is 11.9 Å². The molecule has 5 heteroatoms. The summed E-state index contributed by atoms with van der Waals surface area (Å²) in [6.07, 6.45) is 4.37. The zero-order valence-electron chi connectivity index (χ0n) is 10.2. The fraction of sp³-hybridized carbons (Fsp3) is 0.667. The summed E-state index contributed by atoms with van der Waals surface area (Å²) in [6.45, 7) is 3.51. The summed E-state index contributed by atoms with van der Waals surface area (Å²) in [5.74, 6) is 0.562. The van der Waals surface area contributed by atoms with E-state index in [2.05, 4.69) is 10.2 Å². The number of hydrogen-bond donors (Lipinski definition) is 2. The Labute approximate surface area is 101 Å². The molecule has 1 aromatic rings. The number of nitrogens with one attached hydrogen (secondary N) is 1. The predicted molar refractivity (Wildman–Crippen MR) is 65.4 cm³/mol. The molecule has 0 aliphatic carbocycles. The Morgan fingerprint density at radius 2 is 2.59 bits per heavy atom. The number of nitrogens with two attached hydrogens (primary N) is 1. The number of amides is 1. The highest BCUT2D eigenvalue weighted by Gasteiger charge is 2.25. The Kier molecular flexibility index (Phi) is 3.78. The lowest BCUT2D eigenvalue weighted by atomic mass is 9.94. The SMILES string of the molecule is CC(N)CC(=O)N1CCCC(c2ccn[nH]2)C1. The van der Waals surface area contributed by atoms with Crippen molar-refractivity contribution in [3.8, 4) is 0 Å². The lowest BCUT2D eigenvalue weighted by Gasteiger charge is -2.32. The monoisotopic (exact) mass is 236 g/mol. The minimum absolute atomic E-state index is 0.0602. The van der Waals surface area contributed by atoms with E-state index in [1.807, 2.05) is 17.9 Å². The largest absolute Gasteiger partial charge is 0.342 e. The number of nitrogens with zero attached hydrogens (tertiary/aromatic N) is 2. The van der Waals surface area contributed by atoms with E-state index >= 15 is 0 Å². The van der Waals surface area contributed by atoms with Gasteiger partial charge in [0.25, 0.3) is 0 Å². The molecule has 1 saturated heterocycles. The molecule has 1 aliphatic rings. The zero-order chi connectivity index (χ0) is 12.3. The standard InChI is InChI=1S/C12H20N4O/c1-9(13)7-12(17)16-6-2-3-10(8-16)11-4-5-14-15-11/h4-5,9-10H,2-3,6-8,13H2,1H3,(H,14,15). The summed E-state index contributed by atoms with van der Waals surface area (Å²) in [4.78, 5) is 13.9. The molecule has 5 nitrogen and oxygen atoms in total. The third-order valence-corrected chi connectivity index (χ3v) is 3.23. The van der Waals surface area contributed by atoms with Gasteiger partial charge < -0.3 is 10.6 Å². The number of rotatable bonds is 3. The van der Waals surface area contributed by atoms with Gasteiger partial charge in [-0.05, 0) is 25.8 Å². The first-order chi connectivity index (χ1) is 8.16. The molecule has 1 aliphatic heterocycles. The normalized spacial score (nSPS) is 22.5. The molecular weight excluding hydrogens is 216 g/mol. The van der Waals surface area contributed by atoms with E-state index in [9.17, 15) is 4.79 Å². The van der Waals surface area contributed by atoms with Crippen molar-refractivity contribution in [2.45, 2.75) is 38.1 Å². The molecule has 2 atom stereocenters. The Hall–Kier alpha value is -1.36. The van der Waals surface area contributed by atoms with Gasteiger partial charge in [-0.2, -0.15) is 5.10 Å². The molecule has 0 aromatic carbocycles. The van der Waals surface area contributed by atoms with Crippen LogP contribution in [-0.2, 0) is 4.79 Å². The van der Waals surface area contributed by atoms with Gasteiger partial charge in [0.05, 0.1) is 0 Å². The highest BCUT2D eigenvalue weighted by molar-refractivity contribution is 5.76. The first kappa shape index (κ1) is 12.1.